The quantitative estimate of drug-likeness (QED) is 0.446. The van der Waals surface area contributed by atoms with Crippen molar-refractivity contribution < 1.29 is 27.1 Å². The van der Waals surface area contributed by atoms with E-state index in [1.165, 1.54) is 31.3 Å². The van der Waals surface area contributed by atoms with E-state index in [1.807, 2.05) is 0 Å². The van der Waals surface area contributed by atoms with Gasteiger partial charge in [-0.25, -0.2) is 18.7 Å². The van der Waals surface area contributed by atoms with E-state index in [1.54, 1.807) is 0 Å². The van der Waals surface area contributed by atoms with Crippen molar-refractivity contribution in [3.63, 3.8) is 0 Å². The Hall–Kier alpha value is -3.89. The second kappa shape index (κ2) is 8.23. The Balaban J connectivity index is 1.99. The molecule has 0 aliphatic carbocycles. The first-order valence-electron chi connectivity index (χ1n) is 9.64. The van der Waals surface area contributed by atoms with Crippen LogP contribution < -0.4 is 5.56 Å². The summed E-state index contributed by atoms with van der Waals surface area (Å²) in [5.74, 6) is -2.69. The summed E-state index contributed by atoms with van der Waals surface area (Å²) in [7, 11) is 0. The van der Waals surface area contributed by atoms with Crippen LogP contribution in [-0.4, -0.2) is 24.6 Å². The molecule has 3 heterocycles. The summed E-state index contributed by atoms with van der Waals surface area (Å²) in [6.45, 7) is 1.50. The van der Waals surface area contributed by atoms with Crippen LogP contribution in [0.3, 0.4) is 0 Å². The second-order valence-electron chi connectivity index (χ2n) is 7.33. The third-order valence-corrected chi connectivity index (χ3v) is 5.04. The maximum atomic E-state index is 13.7. The van der Waals surface area contributed by atoms with Gasteiger partial charge < -0.3 is 5.11 Å². The fraction of sp³-hybridized carbons (Fsp3) is 0.182. The van der Waals surface area contributed by atoms with Crippen LogP contribution in [0.25, 0.3) is 22.4 Å². The van der Waals surface area contributed by atoms with Crippen molar-refractivity contribution in [3.8, 4) is 17.3 Å². The molecule has 4 aromatic rings. The lowest BCUT2D eigenvalue weighted by molar-refractivity contribution is -0.139. The molecule has 11 heteroatoms. The van der Waals surface area contributed by atoms with E-state index in [4.69, 9.17) is 0 Å². The number of aromatic hydroxyl groups is 1. The highest BCUT2D eigenvalue weighted by Crippen LogP contribution is 2.33. The van der Waals surface area contributed by atoms with Crippen molar-refractivity contribution in [2.45, 2.75) is 25.6 Å². The van der Waals surface area contributed by atoms with Crippen LogP contribution >= 0.6 is 0 Å². The summed E-state index contributed by atoms with van der Waals surface area (Å²) in [6.07, 6.45) is -2.76. The molecule has 6 nitrogen and oxygen atoms in total. The van der Waals surface area contributed by atoms with Gasteiger partial charge in [0.2, 0.25) is 0 Å². The molecule has 1 N–H and O–H groups in total. The van der Waals surface area contributed by atoms with Crippen molar-refractivity contribution in [2.75, 3.05) is 0 Å². The molecule has 0 amide bonds. The van der Waals surface area contributed by atoms with E-state index in [0.29, 0.717) is 5.56 Å². The smallest absolute Gasteiger partial charge is 0.434 e. The molecule has 33 heavy (non-hydrogen) atoms. The van der Waals surface area contributed by atoms with Gasteiger partial charge in [-0.15, -0.1) is 0 Å². The Labute approximate surface area is 183 Å². The zero-order chi connectivity index (χ0) is 23.9. The predicted octanol–water partition coefficient (Wildman–Crippen LogP) is 4.66. The molecular formula is C22H15F5N4O2. The minimum atomic E-state index is -4.92. The highest BCUT2D eigenvalue weighted by Gasteiger charge is 2.37. The van der Waals surface area contributed by atoms with Gasteiger partial charge in [-0.05, 0) is 49.2 Å². The third kappa shape index (κ3) is 4.13. The van der Waals surface area contributed by atoms with Crippen LogP contribution in [0.2, 0.25) is 0 Å². The van der Waals surface area contributed by atoms with E-state index >= 15 is 0 Å². The molecule has 0 fully saturated rings. The van der Waals surface area contributed by atoms with Gasteiger partial charge in [0.05, 0.1) is 10.9 Å². The topological polar surface area (TPSA) is 80.9 Å². The molecule has 3 aromatic heterocycles. The first-order chi connectivity index (χ1) is 15.6. The van der Waals surface area contributed by atoms with E-state index in [0.717, 1.165) is 29.0 Å². The summed E-state index contributed by atoms with van der Waals surface area (Å²) in [4.78, 5) is 24.9. The molecule has 0 aliphatic heterocycles. The largest absolute Gasteiger partial charge is 0.506 e. The first kappa shape index (κ1) is 22.3. The first-order valence-corrected chi connectivity index (χ1v) is 9.64. The lowest BCUT2D eigenvalue weighted by Crippen LogP contribution is -2.29. The lowest BCUT2D eigenvalue weighted by atomic mass is 10.1. The molecule has 0 spiro atoms. The summed E-state index contributed by atoms with van der Waals surface area (Å²) < 4.78 is 68.6. The molecule has 1 aromatic carbocycles. The van der Waals surface area contributed by atoms with Crippen LogP contribution in [0.15, 0.2) is 53.6 Å². The van der Waals surface area contributed by atoms with Crippen molar-refractivity contribution in [2.24, 2.45) is 0 Å². The summed E-state index contributed by atoms with van der Waals surface area (Å²) >= 11 is 0. The van der Waals surface area contributed by atoms with Gasteiger partial charge in [-0.1, -0.05) is 6.07 Å². The zero-order valence-electron chi connectivity index (χ0n) is 16.9. The summed E-state index contributed by atoms with van der Waals surface area (Å²) in [6, 6.07) is 6.14. The van der Waals surface area contributed by atoms with Gasteiger partial charge in [0.1, 0.15) is 11.4 Å². The normalized spacial score (nSPS) is 12.8. The van der Waals surface area contributed by atoms with Crippen molar-refractivity contribution in [1.82, 2.24) is 19.5 Å². The Morgan fingerprint density at radius 2 is 1.82 bits per heavy atom. The molecular weight excluding hydrogens is 447 g/mol. The number of pyridine rings is 2. The van der Waals surface area contributed by atoms with Crippen molar-refractivity contribution in [1.29, 1.82) is 0 Å². The van der Waals surface area contributed by atoms with Crippen LogP contribution in [-0.2, 0) is 12.6 Å². The Morgan fingerprint density at radius 3 is 2.48 bits per heavy atom. The number of fused-ring (bicyclic) bond motifs is 1. The number of benzene rings is 1. The van der Waals surface area contributed by atoms with Gasteiger partial charge in [-0.2, -0.15) is 13.2 Å². The van der Waals surface area contributed by atoms with Crippen molar-refractivity contribution in [3.05, 3.63) is 82.0 Å². The number of nitrogens with zero attached hydrogens (tertiary/aromatic N) is 4. The predicted molar refractivity (Wildman–Crippen MR) is 108 cm³/mol. The molecule has 4 rings (SSSR count). The molecule has 0 radical (unpaired) electrons. The zero-order valence-corrected chi connectivity index (χ0v) is 16.9. The molecule has 0 saturated heterocycles. The molecule has 0 bridgehead atoms. The van der Waals surface area contributed by atoms with Crippen LogP contribution in [0.5, 0.6) is 5.75 Å². The number of rotatable bonds is 4. The summed E-state index contributed by atoms with van der Waals surface area (Å²) in [5.41, 5.74) is -2.57. The lowest BCUT2D eigenvalue weighted by Gasteiger charge is -2.21. The third-order valence-electron chi connectivity index (χ3n) is 5.04. The van der Waals surface area contributed by atoms with Gasteiger partial charge in [0, 0.05) is 18.4 Å². The average molecular weight is 462 g/mol. The molecule has 0 aliphatic rings. The number of hydrogen-bond donors (Lipinski definition) is 1. The number of alkyl halides is 3. The highest BCUT2D eigenvalue weighted by molar-refractivity contribution is 5.82. The van der Waals surface area contributed by atoms with E-state index in [9.17, 15) is 31.9 Å². The average Bonchev–Trinajstić information content (AvgIpc) is 2.75. The van der Waals surface area contributed by atoms with Crippen molar-refractivity contribution >= 4 is 10.9 Å². The van der Waals surface area contributed by atoms with Gasteiger partial charge in [0.25, 0.3) is 5.56 Å². The van der Waals surface area contributed by atoms with E-state index in [2.05, 4.69) is 15.0 Å². The Morgan fingerprint density at radius 1 is 1.06 bits per heavy atom. The van der Waals surface area contributed by atoms with Crippen LogP contribution in [0.1, 0.15) is 24.2 Å². The molecule has 170 valence electrons. The second-order valence-corrected chi connectivity index (χ2v) is 7.33. The van der Waals surface area contributed by atoms with E-state index in [-0.39, 0.29) is 29.2 Å². The minimum Gasteiger partial charge on any atom is -0.506 e. The number of halogens is 5. The van der Waals surface area contributed by atoms with Gasteiger partial charge in [-0.3, -0.25) is 14.3 Å². The standard InChI is InChI=1S/C22H15F5N4O2/c1-11(9-12-4-5-13(23)14(24)10-12)31-20(18-16(32)3-2-7-28-18)30-15-6-8-29-19(22(25,26)27)17(15)21(31)33/h2-8,10-11,32H,9H2,1H3/t11-/m1/s1. The SMILES string of the molecule is C[C@H](Cc1ccc(F)c(F)c1)n1c(-c2ncccc2O)nc2ccnc(C(F)(F)F)c2c1=O. The Bertz CT molecular complexity index is 1420. The van der Waals surface area contributed by atoms with Gasteiger partial charge >= 0.3 is 6.18 Å². The monoisotopic (exact) mass is 462 g/mol. The van der Waals surface area contributed by atoms with E-state index < -0.39 is 40.5 Å². The number of hydrogen-bond acceptors (Lipinski definition) is 5. The fourth-order valence-electron chi connectivity index (χ4n) is 3.60. The van der Waals surface area contributed by atoms with Gasteiger partial charge in [0.15, 0.2) is 23.2 Å². The fourth-order valence-corrected chi connectivity index (χ4v) is 3.60. The molecule has 1 atom stereocenters. The number of aromatic nitrogens is 4. The van der Waals surface area contributed by atoms with Crippen LogP contribution in [0, 0.1) is 11.6 Å². The highest BCUT2D eigenvalue weighted by atomic mass is 19.4. The molecule has 0 saturated carbocycles. The maximum Gasteiger partial charge on any atom is 0.434 e. The molecule has 0 unspecified atom stereocenters. The summed E-state index contributed by atoms with van der Waals surface area (Å²) in [5, 5.41) is 9.52. The van der Waals surface area contributed by atoms with Crippen LogP contribution in [0.4, 0.5) is 22.0 Å². The maximum absolute atomic E-state index is 13.7. The minimum absolute atomic E-state index is 0.0491. The Kier molecular flexibility index (Phi) is 5.56.